The molecule has 1 aromatic heterocycles. The van der Waals surface area contributed by atoms with Crippen molar-refractivity contribution in [2.24, 2.45) is 11.7 Å². The predicted molar refractivity (Wildman–Crippen MR) is 62.0 cm³/mol. The van der Waals surface area contributed by atoms with E-state index >= 15 is 0 Å². The number of Topliss-reactive ketones (excluding diaryl/α,β-unsaturated/α-hetero) is 1. The summed E-state index contributed by atoms with van der Waals surface area (Å²) >= 11 is 0. The molecule has 0 spiro atoms. The number of hydrogen-bond acceptors (Lipinski definition) is 4. The summed E-state index contributed by atoms with van der Waals surface area (Å²) in [5.41, 5.74) is 5.49. The predicted octanol–water partition coefficient (Wildman–Crippen LogP) is 0.955. The van der Waals surface area contributed by atoms with Crippen molar-refractivity contribution >= 4 is 5.78 Å². The van der Waals surface area contributed by atoms with Crippen LogP contribution in [0.3, 0.4) is 0 Å². The van der Waals surface area contributed by atoms with Crippen molar-refractivity contribution in [2.75, 3.05) is 6.54 Å². The topological polar surface area (TPSA) is 73.8 Å². The summed E-state index contributed by atoms with van der Waals surface area (Å²) in [6.45, 7) is 6.56. The Morgan fingerprint density at radius 1 is 1.50 bits per heavy atom. The number of aromatic nitrogens is 3. The van der Waals surface area contributed by atoms with Gasteiger partial charge in [-0.2, -0.15) is 5.10 Å². The average Bonchev–Trinajstić information content (AvgIpc) is 2.65. The fourth-order valence-electron chi connectivity index (χ4n) is 1.55. The van der Waals surface area contributed by atoms with E-state index in [0.29, 0.717) is 19.4 Å². The molecule has 5 heteroatoms. The van der Waals surface area contributed by atoms with Crippen LogP contribution in [0.25, 0.3) is 0 Å². The van der Waals surface area contributed by atoms with Gasteiger partial charge in [-0.3, -0.25) is 4.79 Å². The minimum absolute atomic E-state index is 0.174. The maximum Gasteiger partial charge on any atom is 0.140 e. The quantitative estimate of drug-likeness (QED) is 0.781. The summed E-state index contributed by atoms with van der Waals surface area (Å²) in [6.07, 6.45) is 2.36. The van der Waals surface area contributed by atoms with Crippen molar-refractivity contribution in [3.63, 3.8) is 0 Å². The van der Waals surface area contributed by atoms with Crippen molar-refractivity contribution in [1.82, 2.24) is 14.8 Å². The van der Waals surface area contributed by atoms with Gasteiger partial charge >= 0.3 is 0 Å². The van der Waals surface area contributed by atoms with Crippen LogP contribution < -0.4 is 5.73 Å². The maximum atomic E-state index is 11.7. The summed E-state index contributed by atoms with van der Waals surface area (Å²) < 4.78 is 1.78. The second-order valence-corrected chi connectivity index (χ2v) is 4.48. The van der Waals surface area contributed by atoms with Gasteiger partial charge in [0.25, 0.3) is 0 Å². The van der Waals surface area contributed by atoms with Gasteiger partial charge in [0.15, 0.2) is 0 Å². The maximum absolute atomic E-state index is 11.7. The molecule has 16 heavy (non-hydrogen) atoms. The molecule has 90 valence electrons. The first kappa shape index (κ1) is 12.8. The van der Waals surface area contributed by atoms with E-state index in [1.165, 1.54) is 6.33 Å². The Labute approximate surface area is 96.0 Å². The van der Waals surface area contributed by atoms with E-state index in [1.807, 2.05) is 20.8 Å². The van der Waals surface area contributed by atoms with E-state index in [2.05, 4.69) is 10.1 Å². The summed E-state index contributed by atoms with van der Waals surface area (Å²) in [4.78, 5) is 15.8. The van der Waals surface area contributed by atoms with E-state index < -0.39 is 0 Å². The Balaban J connectivity index is 2.59. The molecule has 2 N–H and O–H groups in total. The van der Waals surface area contributed by atoms with Crippen LogP contribution in [0, 0.1) is 5.92 Å². The van der Waals surface area contributed by atoms with Crippen molar-refractivity contribution in [3.8, 4) is 0 Å². The number of nitrogens with two attached hydrogens (primary N) is 1. The van der Waals surface area contributed by atoms with Gasteiger partial charge in [-0.15, -0.1) is 0 Å². The molecule has 0 saturated carbocycles. The zero-order valence-corrected chi connectivity index (χ0v) is 10.2. The third kappa shape index (κ3) is 3.41. The van der Waals surface area contributed by atoms with E-state index in [9.17, 15) is 4.79 Å². The molecule has 1 rings (SSSR count). The molecule has 0 fully saturated rings. The van der Waals surface area contributed by atoms with Gasteiger partial charge in [0.1, 0.15) is 17.9 Å². The molecule has 0 bridgehead atoms. The molecule has 1 heterocycles. The third-order valence-electron chi connectivity index (χ3n) is 2.47. The first-order valence-electron chi connectivity index (χ1n) is 5.64. The molecule has 0 aliphatic rings. The highest BCUT2D eigenvalue weighted by atomic mass is 16.1. The van der Waals surface area contributed by atoms with Crippen molar-refractivity contribution in [2.45, 2.75) is 39.7 Å². The fourth-order valence-corrected chi connectivity index (χ4v) is 1.55. The van der Waals surface area contributed by atoms with Crippen LogP contribution in [0.1, 0.15) is 39.1 Å². The number of nitrogens with zero attached hydrogens (tertiary/aromatic N) is 3. The molecular formula is C11H20N4O. The molecule has 0 amide bonds. The van der Waals surface area contributed by atoms with Crippen molar-refractivity contribution in [1.29, 1.82) is 0 Å². The molecule has 0 aromatic carbocycles. The third-order valence-corrected chi connectivity index (χ3v) is 2.47. The second kappa shape index (κ2) is 5.75. The molecule has 0 saturated heterocycles. The Kier molecular flexibility index (Phi) is 4.61. The number of carbonyl (C=O) groups is 1. The van der Waals surface area contributed by atoms with Crippen LogP contribution in [-0.4, -0.2) is 27.1 Å². The number of hydrogen-bond donors (Lipinski definition) is 1. The Morgan fingerprint density at radius 2 is 2.19 bits per heavy atom. The number of rotatable bonds is 6. The van der Waals surface area contributed by atoms with E-state index in [0.717, 1.165) is 5.82 Å². The van der Waals surface area contributed by atoms with Crippen LogP contribution in [0.5, 0.6) is 0 Å². The molecular weight excluding hydrogens is 204 g/mol. The minimum Gasteiger partial charge on any atom is -0.330 e. The monoisotopic (exact) mass is 224 g/mol. The highest BCUT2D eigenvalue weighted by Gasteiger charge is 2.14. The lowest BCUT2D eigenvalue weighted by Gasteiger charge is -2.10. The van der Waals surface area contributed by atoms with Gasteiger partial charge in [-0.1, -0.05) is 6.92 Å². The lowest BCUT2D eigenvalue weighted by atomic mass is 10.0. The van der Waals surface area contributed by atoms with Gasteiger partial charge in [0, 0.05) is 12.5 Å². The van der Waals surface area contributed by atoms with Gasteiger partial charge in [-0.25, -0.2) is 9.67 Å². The van der Waals surface area contributed by atoms with E-state index in [-0.39, 0.29) is 17.7 Å². The molecule has 0 radical (unpaired) electrons. The van der Waals surface area contributed by atoms with Gasteiger partial charge in [0.05, 0.1) is 6.42 Å². The lowest BCUT2D eigenvalue weighted by Crippen LogP contribution is -2.18. The smallest absolute Gasteiger partial charge is 0.140 e. The standard InChI is InChI=1S/C11H20N4O/c1-8(2)15-11(13-7-14-15)5-10(16)4-9(3)6-12/h7-9H,4-6,12H2,1-3H3. The Bertz CT molecular complexity index is 346. The summed E-state index contributed by atoms with van der Waals surface area (Å²) in [7, 11) is 0. The molecule has 1 unspecified atom stereocenters. The summed E-state index contributed by atoms with van der Waals surface area (Å²) in [5, 5.41) is 4.10. The van der Waals surface area contributed by atoms with Crippen LogP contribution >= 0.6 is 0 Å². The zero-order valence-electron chi connectivity index (χ0n) is 10.2. The van der Waals surface area contributed by atoms with Crippen LogP contribution in [0.15, 0.2) is 6.33 Å². The largest absolute Gasteiger partial charge is 0.330 e. The van der Waals surface area contributed by atoms with Crippen molar-refractivity contribution in [3.05, 3.63) is 12.2 Å². The summed E-state index contributed by atoms with van der Waals surface area (Å²) in [6, 6.07) is 0.234. The highest BCUT2D eigenvalue weighted by Crippen LogP contribution is 2.08. The molecule has 1 aromatic rings. The Morgan fingerprint density at radius 3 is 2.75 bits per heavy atom. The van der Waals surface area contributed by atoms with Gasteiger partial charge < -0.3 is 5.73 Å². The minimum atomic E-state index is 0.174. The summed E-state index contributed by atoms with van der Waals surface area (Å²) in [5.74, 6) is 1.15. The first-order valence-corrected chi connectivity index (χ1v) is 5.64. The van der Waals surface area contributed by atoms with Crippen molar-refractivity contribution < 1.29 is 4.79 Å². The van der Waals surface area contributed by atoms with Gasteiger partial charge in [0.2, 0.25) is 0 Å². The molecule has 0 aliphatic heterocycles. The molecule has 0 aliphatic carbocycles. The Hall–Kier alpha value is -1.23. The lowest BCUT2D eigenvalue weighted by molar-refractivity contribution is -0.119. The van der Waals surface area contributed by atoms with Crippen LogP contribution in [0.2, 0.25) is 0 Å². The van der Waals surface area contributed by atoms with Gasteiger partial charge in [-0.05, 0) is 26.3 Å². The van der Waals surface area contributed by atoms with E-state index in [4.69, 9.17) is 5.73 Å². The average molecular weight is 224 g/mol. The molecule has 5 nitrogen and oxygen atoms in total. The van der Waals surface area contributed by atoms with Crippen LogP contribution in [0.4, 0.5) is 0 Å². The fraction of sp³-hybridized carbons (Fsp3) is 0.727. The SMILES string of the molecule is CC(CN)CC(=O)Cc1ncnn1C(C)C. The molecule has 1 atom stereocenters. The number of carbonyl (C=O) groups excluding carboxylic acids is 1. The first-order chi connectivity index (χ1) is 7.54. The van der Waals surface area contributed by atoms with Crippen LogP contribution in [-0.2, 0) is 11.2 Å². The number of ketones is 1. The highest BCUT2D eigenvalue weighted by molar-refractivity contribution is 5.80. The van der Waals surface area contributed by atoms with E-state index in [1.54, 1.807) is 4.68 Å². The normalized spacial score (nSPS) is 13.1. The zero-order chi connectivity index (χ0) is 12.1. The second-order valence-electron chi connectivity index (χ2n) is 4.48.